The molecule has 136 valence electrons. The fraction of sp³-hybridized carbons (Fsp3) is 0.368. The summed E-state index contributed by atoms with van der Waals surface area (Å²) in [6.45, 7) is 2.08. The highest BCUT2D eigenvalue weighted by atomic mass is 127. The fourth-order valence-corrected chi connectivity index (χ4v) is 3.80. The Kier molecular flexibility index (Phi) is 4.99. The van der Waals surface area contributed by atoms with Gasteiger partial charge in [-0.3, -0.25) is 0 Å². The quantitative estimate of drug-likeness (QED) is 0.510. The van der Waals surface area contributed by atoms with Gasteiger partial charge in [0.2, 0.25) is 0 Å². The van der Waals surface area contributed by atoms with Crippen LogP contribution in [0.3, 0.4) is 0 Å². The number of nitrogens with one attached hydrogen (secondary N) is 2. The summed E-state index contributed by atoms with van der Waals surface area (Å²) in [7, 11) is 0. The molecule has 6 nitrogen and oxygen atoms in total. The number of halogens is 1. The van der Waals surface area contributed by atoms with Gasteiger partial charge in [0.1, 0.15) is 11.6 Å². The van der Waals surface area contributed by atoms with Gasteiger partial charge in [0.15, 0.2) is 5.65 Å². The number of nitrogens with two attached hydrogens (primary N) is 1. The Balaban J connectivity index is 1.66. The van der Waals surface area contributed by atoms with E-state index in [9.17, 15) is 0 Å². The van der Waals surface area contributed by atoms with Gasteiger partial charge in [-0.05, 0) is 79.5 Å². The lowest BCUT2D eigenvalue weighted by Gasteiger charge is -2.28. The van der Waals surface area contributed by atoms with Gasteiger partial charge in [-0.15, -0.1) is 0 Å². The van der Waals surface area contributed by atoms with Crippen LogP contribution in [0, 0.1) is 10.5 Å². The van der Waals surface area contributed by atoms with Crippen LogP contribution in [-0.4, -0.2) is 26.7 Å². The zero-order chi connectivity index (χ0) is 18.1. The largest absolute Gasteiger partial charge is 0.367 e. The average Bonchev–Trinajstić information content (AvgIpc) is 3.10. The minimum Gasteiger partial charge on any atom is -0.367 e. The molecule has 1 aliphatic rings. The summed E-state index contributed by atoms with van der Waals surface area (Å²) in [5.74, 6) is 1.86. The molecule has 1 aromatic carbocycles. The molecule has 2 heterocycles. The molecular weight excluding hydrogens is 439 g/mol. The Bertz CT molecular complexity index is 896. The summed E-state index contributed by atoms with van der Waals surface area (Å²) in [6, 6.07) is 11.0. The van der Waals surface area contributed by atoms with Crippen LogP contribution in [0.2, 0.25) is 0 Å². The molecule has 0 spiro atoms. The molecule has 2 aromatic heterocycles. The second-order valence-electron chi connectivity index (χ2n) is 6.92. The number of aromatic nitrogens is 3. The first-order valence-corrected chi connectivity index (χ1v) is 10.1. The van der Waals surface area contributed by atoms with Crippen molar-refractivity contribution in [2.45, 2.75) is 44.7 Å². The molecule has 4 N–H and O–H groups in total. The van der Waals surface area contributed by atoms with E-state index >= 15 is 0 Å². The highest BCUT2D eigenvalue weighted by Crippen LogP contribution is 2.29. The number of rotatable bonds is 4. The van der Waals surface area contributed by atoms with Crippen molar-refractivity contribution < 1.29 is 0 Å². The van der Waals surface area contributed by atoms with Gasteiger partial charge in [0, 0.05) is 33.0 Å². The first-order valence-electron chi connectivity index (χ1n) is 8.99. The van der Waals surface area contributed by atoms with Gasteiger partial charge < -0.3 is 16.4 Å². The van der Waals surface area contributed by atoms with Crippen LogP contribution in [0.4, 0.5) is 17.3 Å². The molecule has 26 heavy (non-hydrogen) atoms. The van der Waals surface area contributed by atoms with Gasteiger partial charge in [0.25, 0.3) is 0 Å². The first-order chi connectivity index (χ1) is 12.6. The third-order valence-corrected chi connectivity index (χ3v) is 5.71. The number of nitrogens with zero attached hydrogens (tertiary/aromatic N) is 3. The molecule has 0 bridgehead atoms. The Morgan fingerprint density at radius 2 is 1.85 bits per heavy atom. The molecular formula is C19H23IN6. The molecule has 0 saturated heterocycles. The Hall–Kier alpha value is -1.87. The van der Waals surface area contributed by atoms with Crippen molar-refractivity contribution in [2.75, 3.05) is 10.6 Å². The smallest absolute Gasteiger partial charge is 0.159 e. The van der Waals surface area contributed by atoms with E-state index in [0.717, 1.165) is 54.2 Å². The molecule has 1 aliphatic carbocycles. The van der Waals surface area contributed by atoms with Crippen molar-refractivity contribution in [1.29, 1.82) is 0 Å². The lowest BCUT2D eigenvalue weighted by atomic mass is 9.92. The summed E-state index contributed by atoms with van der Waals surface area (Å²) >= 11 is 2.31. The highest BCUT2D eigenvalue weighted by molar-refractivity contribution is 14.1. The van der Waals surface area contributed by atoms with Crippen molar-refractivity contribution in [3.8, 4) is 0 Å². The highest BCUT2D eigenvalue weighted by Gasteiger charge is 2.21. The Labute approximate surface area is 166 Å². The minimum atomic E-state index is 0.345. The Morgan fingerprint density at radius 3 is 2.58 bits per heavy atom. The summed E-state index contributed by atoms with van der Waals surface area (Å²) in [6.07, 6.45) is 6.10. The maximum atomic E-state index is 6.04. The van der Waals surface area contributed by atoms with Gasteiger partial charge in [-0.2, -0.15) is 9.61 Å². The van der Waals surface area contributed by atoms with Crippen LogP contribution < -0.4 is 16.4 Å². The van der Waals surface area contributed by atoms with Crippen LogP contribution in [0.15, 0.2) is 36.5 Å². The van der Waals surface area contributed by atoms with E-state index in [1.54, 1.807) is 6.20 Å². The maximum Gasteiger partial charge on any atom is 0.159 e. The van der Waals surface area contributed by atoms with Crippen molar-refractivity contribution in [3.63, 3.8) is 0 Å². The van der Waals surface area contributed by atoms with Crippen LogP contribution in [0.5, 0.6) is 0 Å². The lowest BCUT2D eigenvalue weighted by molar-refractivity contribution is 0.410. The molecule has 0 radical (unpaired) electrons. The minimum absolute atomic E-state index is 0.345. The lowest BCUT2D eigenvalue weighted by Crippen LogP contribution is -2.33. The third kappa shape index (κ3) is 3.64. The molecule has 7 heteroatoms. The number of hydrogen-bond donors (Lipinski definition) is 3. The SMILES string of the molecule is Cc1c(N[C@H]2CC[C@H](N)CC2)nc2ccnn2c1Nc1ccc(I)cc1. The van der Waals surface area contributed by atoms with E-state index in [0.29, 0.717) is 12.1 Å². The van der Waals surface area contributed by atoms with Gasteiger partial charge in [-0.25, -0.2) is 4.98 Å². The zero-order valence-electron chi connectivity index (χ0n) is 14.7. The molecule has 1 fully saturated rings. The van der Waals surface area contributed by atoms with Crippen molar-refractivity contribution in [2.24, 2.45) is 5.73 Å². The topological polar surface area (TPSA) is 80.3 Å². The number of fused-ring (bicyclic) bond motifs is 1. The van der Waals surface area contributed by atoms with Crippen LogP contribution >= 0.6 is 22.6 Å². The van der Waals surface area contributed by atoms with E-state index < -0.39 is 0 Å². The predicted molar refractivity (Wildman–Crippen MR) is 114 cm³/mol. The van der Waals surface area contributed by atoms with Gasteiger partial charge in [0.05, 0.1) is 6.20 Å². The van der Waals surface area contributed by atoms with Crippen molar-refractivity contribution in [3.05, 3.63) is 45.7 Å². The Morgan fingerprint density at radius 1 is 1.12 bits per heavy atom. The van der Waals surface area contributed by atoms with E-state index in [1.807, 2.05) is 10.6 Å². The summed E-state index contributed by atoms with van der Waals surface area (Å²) in [5, 5.41) is 11.6. The van der Waals surface area contributed by atoms with Crippen LogP contribution in [0.25, 0.3) is 5.65 Å². The second-order valence-corrected chi connectivity index (χ2v) is 8.17. The van der Waals surface area contributed by atoms with E-state index in [2.05, 4.69) is 69.5 Å². The molecule has 0 aliphatic heterocycles. The van der Waals surface area contributed by atoms with E-state index in [1.165, 1.54) is 3.57 Å². The predicted octanol–water partition coefficient (Wildman–Crippen LogP) is 4.07. The van der Waals surface area contributed by atoms with Crippen molar-refractivity contribution >= 4 is 45.6 Å². The molecule has 0 unspecified atom stereocenters. The van der Waals surface area contributed by atoms with Crippen molar-refractivity contribution in [1.82, 2.24) is 14.6 Å². The van der Waals surface area contributed by atoms with E-state index in [4.69, 9.17) is 10.7 Å². The molecule has 1 saturated carbocycles. The molecule has 3 aromatic rings. The maximum absolute atomic E-state index is 6.04. The van der Waals surface area contributed by atoms with E-state index in [-0.39, 0.29) is 0 Å². The standard InChI is InChI=1S/C19H23IN6/c1-12-18(23-15-8-4-14(21)5-9-15)25-17-10-11-22-26(17)19(12)24-16-6-2-13(20)3-7-16/h2-3,6-7,10-11,14-15,24H,4-5,8-9,21H2,1H3,(H,23,25)/t14-,15-. The summed E-state index contributed by atoms with van der Waals surface area (Å²) in [5.41, 5.74) is 8.97. The van der Waals surface area contributed by atoms with Gasteiger partial charge >= 0.3 is 0 Å². The zero-order valence-corrected chi connectivity index (χ0v) is 16.9. The van der Waals surface area contributed by atoms with Gasteiger partial charge in [-0.1, -0.05) is 0 Å². The first kappa shape index (κ1) is 17.5. The molecule has 0 amide bonds. The number of hydrogen-bond acceptors (Lipinski definition) is 5. The number of anilines is 3. The normalized spacial score (nSPS) is 20.3. The van der Waals surface area contributed by atoms with Crippen LogP contribution in [-0.2, 0) is 0 Å². The fourth-order valence-electron chi connectivity index (χ4n) is 3.44. The summed E-state index contributed by atoms with van der Waals surface area (Å²) in [4.78, 5) is 4.78. The summed E-state index contributed by atoms with van der Waals surface area (Å²) < 4.78 is 3.07. The molecule has 4 rings (SSSR count). The average molecular weight is 462 g/mol. The second kappa shape index (κ2) is 7.40. The molecule has 0 atom stereocenters. The number of benzene rings is 1. The third-order valence-electron chi connectivity index (χ3n) is 4.99. The van der Waals surface area contributed by atoms with Crippen LogP contribution in [0.1, 0.15) is 31.2 Å². The monoisotopic (exact) mass is 462 g/mol.